The van der Waals surface area contributed by atoms with Crippen LogP contribution >= 0.6 is 11.6 Å². The topological polar surface area (TPSA) is 65.1 Å². The van der Waals surface area contributed by atoms with Gasteiger partial charge in [-0.15, -0.1) is 0 Å². The fourth-order valence-corrected chi connectivity index (χ4v) is 2.73. The first kappa shape index (κ1) is 14.9. The van der Waals surface area contributed by atoms with E-state index < -0.39 is 0 Å². The van der Waals surface area contributed by atoms with Gasteiger partial charge in [-0.1, -0.05) is 16.8 Å². The average Bonchev–Trinajstić information content (AvgIpc) is 2.46. The number of nitrogens with zero attached hydrogens (tertiary/aromatic N) is 3. The second-order valence-corrected chi connectivity index (χ2v) is 5.67. The zero-order valence-electron chi connectivity index (χ0n) is 11.9. The van der Waals surface area contributed by atoms with Crippen molar-refractivity contribution in [2.24, 2.45) is 10.9 Å². The van der Waals surface area contributed by atoms with E-state index in [1.807, 2.05) is 12.1 Å². The highest BCUT2D eigenvalue weighted by Crippen LogP contribution is 2.24. The van der Waals surface area contributed by atoms with Crippen molar-refractivity contribution in [2.45, 2.75) is 19.9 Å². The monoisotopic (exact) mass is 296 g/mol. The van der Waals surface area contributed by atoms with Crippen molar-refractivity contribution in [3.63, 3.8) is 0 Å². The Kier molecular flexibility index (Phi) is 4.73. The number of anilines is 1. The molecule has 3 N–H and O–H groups in total. The molecule has 6 heteroatoms. The van der Waals surface area contributed by atoms with Gasteiger partial charge in [0, 0.05) is 43.5 Å². The molecular formula is C14H21ClN4O. The molecule has 0 spiro atoms. The van der Waals surface area contributed by atoms with E-state index in [0.29, 0.717) is 16.6 Å². The van der Waals surface area contributed by atoms with E-state index in [1.54, 1.807) is 6.07 Å². The summed E-state index contributed by atoms with van der Waals surface area (Å²) in [6.45, 7) is 8.51. The summed E-state index contributed by atoms with van der Waals surface area (Å²) in [7, 11) is 0. The average molecular weight is 297 g/mol. The number of piperazine rings is 1. The molecule has 2 rings (SSSR count). The SMILES string of the molecule is CC(C)N1CCN(c2ccc(C(N)=NO)c(Cl)c2)CC1. The molecule has 0 saturated carbocycles. The lowest BCUT2D eigenvalue weighted by Gasteiger charge is -2.38. The third-order valence-corrected chi connectivity index (χ3v) is 4.06. The molecule has 1 heterocycles. The third-order valence-electron chi connectivity index (χ3n) is 3.75. The van der Waals surface area contributed by atoms with Crippen LogP contribution in [0.3, 0.4) is 0 Å². The highest BCUT2D eigenvalue weighted by atomic mass is 35.5. The molecule has 0 aliphatic carbocycles. The number of hydrogen-bond acceptors (Lipinski definition) is 4. The molecule has 0 radical (unpaired) electrons. The van der Waals surface area contributed by atoms with Gasteiger partial charge in [0.1, 0.15) is 0 Å². The number of amidine groups is 1. The van der Waals surface area contributed by atoms with Gasteiger partial charge in [-0.3, -0.25) is 4.90 Å². The summed E-state index contributed by atoms with van der Waals surface area (Å²) < 4.78 is 0. The first-order valence-corrected chi connectivity index (χ1v) is 7.17. The van der Waals surface area contributed by atoms with Gasteiger partial charge in [-0.05, 0) is 32.0 Å². The Hall–Kier alpha value is -1.46. The molecule has 110 valence electrons. The zero-order valence-corrected chi connectivity index (χ0v) is 12.6. The van der Waals surface area contributed by atoms with Gasteiger partial charge in [-0.2, -0.15) is 0 Å². The first-order valence-electron chi connectivity index (χ1n) is 6.79. The predicted molar refractivity (Wildman–Crippen MR) is 82.9 cm³/mol. The lowest BCUT2D eigenvalue weighted by atomic mass is 10.1. The molecule has 1 aliphatic heterocycles. The predicted octanol–water partition coefficient (Wildman–Crippen LogP) is 1.96. The van der Waals surface area contributed by atoms with Crippen LogP contribution in [0.15, 0.2) is 23.4 Å². The van der Waals surface area contributed by atoms with Crippen molar-refractivity contribution in [3.05, 3.63) is 28.8 Å². The molecule has 1 aliphatic rings. The van der Waals surface area contributed by atoms with Gasteiger partial charge in [0.15, 0.2) is 5.84 Å². The molecule has 0 atom stereocenters. The number of oxime groups is 1. The normalized spacial score (nSPS) is 17.8. The van der Waals surface area contributed by atoms with E-state index in [1.165, 1.54) is 0 Å². The van der Waals surface area contributed by atoms with Gasteiger partial charge in [0.25, 0.3) is 0 Å². The molecular weight excluding hydrogens is 276 g/mol. The van der Waals surface area contributed by atoms with Crippen molar-refractivity contribution >= 4 is 23.1 Å². The van der Waals surface area contributed by atoms with E-state index in [-0.39, 0.29) is 5.84 Å². The molecule has 0 unspecified atom stereocenters. The van der Waals surface area contributed by atoms with E-state index >= 15 is 0 Å². The van der Waals surface area contributed by atoms with E-state index in [9.17, 15) is 0 Å². The minimum atomic E-state index is 0.0335. The van der Waals surface area contributed by atoms with Crippen molar-refractivity contribution in [3.8, 4) is 0 Å². The Balaban J connectivity index is 2.10. The standard InChI is InChI=1S/C14H21ClN4O/c1-10(2)18-5-7-19(8-6-18)11-3-4-12(13(15)9-11)14(16)17-20/h3-4,9-10,20H,5-8H2,1-2H3,(H2,16,17). The summed E-state index contributed by atoms with van der Waals surface area (Å²) in [5.41, 5.74) is 7.20. The lowest BCUT2D eigenvalue weighted by Crippen LogP contribution is -2.48. The van der Waals surface area contributed by atoms with E-state index in [0.717, 1.165) is 31.9 Å². The van der Waals surface area contributed by atoms with Gasteiger partial charge < -0.3 is 15.8 Å². The third kappa shape index (κ3) is 3.16. The van der Waals surface area contributed by atoms with E-state index in [4.69, 9.17) is 22.5 Å². The highest BCUT2D eigenvalue weighted by molar-refractivity contribution is 6.34. The molecule has 1 saturated heterocycles. The van der Waals surface area contributed by atoms with Crippen LogP contribution in [0, 0.1) is 0 Å². The summed E-state index contributed by atoms with van der Waals surface area (Å²) >= 11 is 6.19. The van der Waals surface area contributed by atoms with Crippen molar-refractivity contribution in [1.29, 1.82) is 0 Å². The van der Waals surface area contributed by atoms with Gasteiger partial charge in [-0.25, -0.2) is 0 Å². The quantitative estimate of drug-likeness (QED) is 0.387. The molecule has 0 bridgehead atoms. The highest BCUT2D eigenvalue weighted by Gasteiger charge is 2.19. The van der Waals surface area contributed by atoms with Crippen molar-refractivity contribution in [2.75, 3.05) is 31.1 Å². The molecule has 1 aromatic rings. The van der Waals surface area contributed by atoms with Crippen LogP contribution in [0.25, 0.3) is 0 Å². The maximum atomic E-state index is 8.70. The van der Waals surface area contributed by atoms with Crippen LogP contribution < -0.4 is 10.6 Å². The van der Waals surface area contributed by atoms with Crippen molar-refractivity contribution in [1.82, 2.24) is 4.90 Å². The second kappa shape index (κ2) is 6.33. The van der Waals surface area contributed by atoms with Crippen LogP contribution in [0.2, 0.25) is 5.02 Å². The zero-order chi connectivity index (χ0) is 14.7. The molecule has 1 fully saturated rings. The Morgan fingerprint density at radius 3 is 2.45 bits per heavy atom. The summed E-state index contributed by atoms with van der Waals surface area (Å²) in [6.07, 6.45) is 0. The smallest absolute Gasteiger partial charge is 0.171 e. The van der Waals surface area contributed by atoms with E-state index in [2.05, 4.69) is 28.8 Å². The Bertz CT molecular complexity index is 496. The van der Waals surface area contributed by atoms with Crippen LogP contribution in [0.5, 0.6) is 0 Å². The van der Waals surface area contributed by atoms with Crippen LogP contribution in [0.1, 0.15) is 19.4 Å². The number of halogens is 1. The number of benzene rings is 1. The first-order chi connectivity index (χ1) is 9.52. The minimum Gasteiger partial charge on any atom is -0.409 e. The molecule has 5 nitrogen and oxygen atoms in total. The Morgan fingerprint density at radius 1 is 1.30 bits per heavy atom. The lowest BCUT2D eigenvalue weighted by molar-refractivity contribution is 0.209. The van der Waals surface area contributed by atoms with Gasteiger partial charge in [0.05, 0.1) is 5.02 Å². The second-order valence-electron chi connectivity index (χ2n) is 5.27. The van der Waals surface area contributed by atoms with Gasteiger partial charge in [0.2, 0.25) is 0 Å². The summed E-state index contributed by atoms with van der Waals surface area (Å²) in [5, 5.41) is 12.2. The Morgan fingerprint density at radius 2 is 1.95 bits per heavy atom. The maximum absolute atomic E-state index is 8.70. The molecule has 0 aromatic heterocycles. The number of nitrogens with two attached hydrogens (primary N) is 1. The minimum absolute atomic E-state index is 0.0335. The van der Waals surface area contributed by atoms with Gasteiger partial charge >= 0.3 is 0 Å². The fourth-order valence-electron chi connectivity index (χ4n) is 2.46. The van der Waals surface area contributed by atoms with Crippen LogP contribution in [-0.4, -0.2) is 48.2 Å². The molecule has 20 heavy (non-hydrogen) atoms. The Labute approximate surface area is 124 Å². The summed E-state index contributed by atoms with van der Waals surface area (Å²) in [4.78, 5) is 4.77. The summed E-state index contributed by atoms with van der Waals surface area (Å²) in [5.74, 6) is 0.0335. The fraction of sp³-hybridized carbons (Fsp3) is 0.500. The molecule has 0 amide bonds. The molecule has 1 aromatic carbocycles. The van der Waals surface area contributed by atoms with Crippen LogP contribution in [-0.2, 0) is 0 Å². The maximum Gasteiger partial charge on any atom is 0.171 e. The number of hydrogen-bond donors (Lipinski definition) is 2. The largest absolute Gasteiger partial charge is 0.409 e. The number of rotatable bonds is 3. The van der Waals surface area contributed by atoms with Crippen LogP contribution in [0.4, 0.5) is 5.69 Å². The van der Waals surface area contributed by atoms with Crippen molar-refractivity contribution < 1.29 is 5.21 Å². The summed E-state index contributed by atoms with van der Waals surface area (Å²) in [6, 6.07) is 6.22.